The standard InChI is InChI=1S/C17H17N5OS/c1-3-6-16-18-9-14(24-16)17-21-20-15(23-17)10-22-11(2)19-12-7-4-5-8-13(12)22/h4-5,7-9H,3,6,10H2,1-2H3. The summed E-state index contributed by atoms with van der Waals surface area (Å²) in [5.41, 5.74) is 2.04. The summed E-state index contributed by atoms with van der Waals surface area (Å²) < 4.78 is 7.92. The third-order valence-electron chi connectivity index (χ3n) is 3.83. The number of hydrogen-bond donors (Lipinski definition) is 0. The van der Waals surface area contributed by atoms with Crippen LogP contribution in [0.4, 0.5) is 0 Å². The number of aryl methyl sites for hydroxylation is 2. The molecule has 0 N–H and O–H groups in total. The van der Waals surface area contributed by atoms with Gasteiger partial charge in [0.25, 0.3) is 5.89 Å². The molecule has 0 saturated heterocycles. The zero-order valence-corrected chi connectivity index (χ0v) is 14.4. The molecule has 4 rings (SSSR count). The maximum absolute atomic E-state index is 5.84. The predicted octanol–water partition coefficient (Wildman–Crippen LogP) is 3.85. The van der Waals surface area contributed by atoms with Gasteiger partial charge in [-0.1, -0.05) is 19.1 Å². The minimum Gasteiger partial charge on any atom is -0.418 e. The molecule has 0 radical (unpaired) electrons. The van der Waals surface area contributed by atoms with E-state index in [0.717, 1.165) is 39.6 Å². The van der Waals surface area contributed by atoms with Crippen LogP contribution in [0.15, 0.2) is 34.9 Å². The number of imidazole rings is 1. The van der Waals surface area contributed by atoms with Crippen LogP contribution in [0, 0.1) is 6.92 Å². The Morgan fingerprint density at radius 2 is 2.08 bits per heavy atom. The molecule has 0 aliphatic carbocycles. The summed E-state index contributed by atoms with van der Waals surface area (Å²) in [4.78, 5) is 9.88. The molecule has 24 heavy (non-hydrogen) atoms. The fourth-order valence-corrected chi connectivity index (χ4v) is 3.63. The van der Waals surface area contributed by atoms with Crippen molar-refractivity contribution in [2.45, 2.75) is 33.2 Å². The van der Waals surface area contributed by atoms with E-state index in [4.69, 9.17) is 4.42 Å². The highest BCUT2D eigenvalue weighted by Crippen LogP contribution is 2.26. The predicted molar refractivity (Wildman–Crippen MR) is 93.0 cm³/mol. The number of para-hydroxylation sites is 2. The van der Waals surface area contributed by atoms with Crippen molar-refractivity contribution in [3.05, 3.63) is 47.2 Å². The first kappa shape index (κ1) is 15.0. The zero-order valence-electron chi connectivity index (χ0n) is 13.6. The molecule has 4 aromatic rings. The van der Waals surface area contributed by atoms with Gasteiger partial charge in [-0.2, -0.15) is 0 Å². The van der Waals surface area contributed by atoms with E-state index < -0.39 is 0 Å². The second-order valence-electron chi connectivity index (χ2n) is 5.60. The fourth-order valence-electron chi connectivity index (χ4n) is 2.69. The highest BCUT2D eigenvalue weighted by Gasteiger charge is 2.14. The van der Waals surface area contributed by atoms with Gasteiger partial charge in [0.2, 0.25) is 5.89 Å². The first-order valence-corrected chi connectivity index (χ1v) is 8.75. The molecular weight excluding hydrogens is 322 g/mol. The number of thiazole rings is 1. The van der Waals surface area contributed by atoms with E-state index in [-0.39, 0.29) is 0 Å². The number of benzene rings is 1. The lowest BCUT2D eigenvalue weighted by molar-refractivity contribution is 0.489. The highest BCUT2D eigenvalue weighted by atomic mass is 32.1. The molecule has 1 aromatic carbocycles. The fraction of sp³-hybridized carbons (Fsp3) is 0.294. The molecule has 3 aromatic heterocycles. The topological polar surface area (TPSA) is 69.6 Å². The third-order valence-corrected chi connectivity index (χ3v) is 4.88. The van der Waals surface area contributed by atoms with Crippen LogP contribution in [-0.2, 0) is 13.0 Å². The van der Waals surface area contributed by atoms with Crippen LogP contribution < -0.4 is 0 Å². The molecular formula is C17H17N5OS. The van der Waals surface area contributed by atoms with Crippen molar-refractivity contribution in [2.24, 2.45) is 0 Å². The maximum atomic E-state index is 5.84. The summed E-state index contributed by atoms with van der Waals surface area (Å²) in [5, 5.41) is 9.46. The van der Waals surface area contributed by atoms with Crippen molar-refractivity contribution < 1.29 is 4.42 Å². The van der Waals surface area contributed by atoms with Gasteiger partial charge in [0, 0.05) is 0 Å². The van der Waals surface area contributed by atoms with Crippen LogP contribution in [-0.4, -0.2) is 24.7 Å². The van der Waals surface area contributed by atoms with E-state index in [9.17, 15) is 0 Å². The maximum Gasteiger partial charge on any atom is 0.259 e. The summed E-state index contributed by atoms with van der Waals surface area (Å²) >= 11 is 1.61. The Morgan fingerprint density at radius 3 is 2.96 bits per heavy atom. The molecule has 122 valence electrons. The first-order chi connectivity index (χ1) is 11.7. The minimum atomic E-state index is 0.514. The van der Waals surface area contributed by atoms with E-state index in [1.54, 1.807) is 11.3 Å². The average Bonchev–Trinajstić information content (AvgIpc) is 3.28. The van der Waals surface area contributed by atoms with Gasteiger partial charge in [0.15, 0.2) is 0 Å². The molecule has 3 heterocycles. The van der Waals surface area contributed by atoms with Gasteiger partial charge in [-0.05, 0) is 31.9 Å². The normalized spacial score (nSPS) is 11.4. The summed E-state index contributed by atoms with van der Waals surface area (Å²) in [6.45, 7) is 4.64. The lowest BCUT2D eigenvalue weighted by atomic mass is 10.3. The lowest BCUT2D eigenvalue weighted by Crippen LogP contribution is -2.02. The van der Waals surface area contributed by atoms with E-state index in [2.05, 4.69) is 31.7 Å². The van der Waals surface area contributed by atoms with Gasteiger partial charge in [0.05, 0.1) is 22.2 Å². The average molecular weight is 339 g/mol. The number of hydrogen-bond acceptors (Lipinski definition) is 6. The van der Waals surface area contributed by atoms with Gasteiger partial charge in [0.1, 0.15) is 17.2 Å². The van der Waals surface area contributed by atoms with Crippen LogP contribution in [0.2, 0.25) is 0 Å². The van der Waals surface area contributed by atoms with Crippen LogP contribution in [0.5, 0.6) is 0 Å². The number of rotatable bonds is 5. The quantitative estimate of drug-likeness (QED) is 0.552. The number of fused-ring (bicyclic) bond motifs is 1. The van der Waals surface area contributed by atoms with Crippen molar-refractivity contribution in [3.8, 4) is 10.8 Å². The SMILES string of the molecule is CCCc1ncc(-c2nnc(Cn3c(C)nc4ccccc43)o2)s1. The molecule has 0 saturated carbocycles. The highest BCUT2D eigenvalue weighted by molar-refractivity contribution is 7.15. The second kappa shape index (κ2) is 6.16. The molecule has 0 bridgehead atoms. The first-order valence-electron chi connectivity index (χ1n) is 7.94. The Morgan fingerprint density at radius 1 is 1.21 bits per heavy atom. The van der Waals surface area contributed by atoms with Gasteiger partial charge < -0.3 is 8.98 Å². The zero-order chi connectivity index (χ0) is 16.5. The van der Waals surface area contributed by atoms with Crippen molar-refractivity contribution in [1.82, 2.24) is 24.7 Å². The van der Waals surface area contributed by atoms with Gasteiger partial charge >= 0.3 is 0 Å². The monoisotopic (exact) mass is 339 g/mol. The van der Waals surface area contributed by atoms with Crippen LogP contribution in [0.25, 0.3) is 21.8 Å². The molecule has 0 aliphatic rings. The molecule has 0 amide bonds. The molecule has 0 spiro atoms. The Labute approximate surface area is 143 Å². The van der Waals surface area contributed by atoms with Crippen LogP contribution >= 0.6 is 11.3 Å². The summed E-state index contributed by atoms with van der Waals surface area (Å²) in [6, 6.07) is 8.05. The minimum absolute atomic E-state index is 0.514. The second-order valence-corrected chi connectivity index (χ2v) is 6.72. The Hall–Kier alpha value is -2.54. The summed E-state index contributed by atoms with van der Waals surface area (Å²) in [7, 11) is 0. The van der Waals surface area contributed by atoms with E-state index in [0.29, 0.717) is 18.3 Å². The molecule has 7 heteroatoms. The van der Waals surface area contributed by atoms with Gasteiger partial charge in [-0.3, -0.25) is 0 Å². The van der Waals surface area contributed by atoms with E-state index in [1.807, 2.05) is 37.4 Å². The molecule has 0 atom stereocenters. The van der Waals surface area contributed by atoms with Crippen molar-refractivity contribution in [3.63, 3.8) is 0 Å². The number of nitrogens with zero attached hydrogens (tertiary/aromatic N) is 5. The van der Waals surface area contributed by atoms with Crippen molar-refractivity contribution in [2.75, 3.05) is 0 Å². The Balaban J connectivity index is 1.61. The van der Waals surface area contributed by atoms with Crippen molar-refractivity contribution in [1.29, 1.82) is 0 Å². The Kier molecular flexibility index (Phi) is 3.86. The smallest absolute Gasteiger partial charge is 0.259 e. The van der Waals surface area contributed by atoms with Crippen molar-refractivity contribution >= 4 is 22.4 Å². The lowest BCUT2D eigenvalue weighted by Gasteiger charge is -2.02. The summed E-state index contributed by atoms with van der Waals surface area (Å²) in [6.07, 6.45) is 3.87. The van der Waals surface area contributed by atoms with Crippen LogP contribution in [0.3, 0.4) is 0 Å². The molecule has 0 fully saturated rings. The van der Waals surface area contributed by atoms with Gasteiger partial charge in [-0.25, -0.2) is 9.97 Å². The molecule has 0 unspecified atom stereocenters. The molecule has 6 nitrogen and oxygen atoms in total. The van der Waals surface area contributed by atoms with E-state index >= 15 is 0 Å². The Bertz CT molecular complexity index is 984. The van der Waals surface area contributed by atoms with Crippen LogP contribution in [0.1, 0.15) is 30.1 Å². The van der Waals surface area contributed by atoms with E-state index in [1.165, 1.54) is 0 Å². The number of aromatic nitrogens is 5. The molecule has 0 aliphatic heterocycles. The summed E-state index contributed by atoms with van der Waals surface area (Å²) in [5.74, 6) is 2.03. The third kappa shape index (κ3) is 2.71. The van der Waals surface area contributed by atoms with Gasteiger partial charge in [-0.15, -0.1) is 21.5 Å². The largest absolute Gasteiger partial charge is 0.418 e.